The molecule has 0 bridgehead atoms. The van der Waals surface area contributed by atoms with Crippen LogP contribution in [-0.2, 0) is 17.9 Å². The molecule has 5 aromatic rings. The van der Waals surface area contributed by atoms with Gasteiger partial charge in [-0.15, -0.1) is 0 Å². The Morgan fingerprint density at radius 3 is 2.59 bits per heavy atom. The van der Waals surface area contributed by atoms with E-state index in [0.29, 0.717) is 16.1 Å². The predicted octanol–water partition coefficient (Wildman–Crippen LogP) is 5.31. The molecule has 0 aliphatic rings. The van der Waals surface area contributed by atoms with Gasteiger partial charge in [0.05, 0.1) is 18.4 Å². The van der Waals surface area contributed by atoms with Crippen molar-refractivity contribution in [2.75, 3.05) is 5.32 Å². The quantitative estimate of drug-likeness (QED) is 0.378. The van der Waals surface area contributed by atoms with E-state index in [-0.39, 0.29) is 24.6 Å². The van der Waals surface area contributed by atoms with Crippen LogP contribution in [0.25, 0.3) is 21.9 Å². The van der Waals surface area contributed by atoms with Crippen molar-refractivity contribution >= 4 is 45.1 Å². The molecule has 0 saturated heterocycles. The topological polar surface area (TPSA) is 68.9 Å². The second-order valence-corrected chi connectivity index (χ2v) is 8.84. The summed E-state index contributed by atoms with van der Waals surface area (Å²) >= 11 is 6.32. The van der Waals surface area contributed by atoms with Crippen molar-refractivity contribution in [2.24, 2.45) is 0 Å². The Morgan fingerprint density at radius 2 is 1.79 bits per heavy atom. The molecule has 0 aliphatic heterocycles. The highest BCUT2D eigenvalue weighted by atomic mass is 35.5. The third kappa shape index (κ3) is 3.97. The maximum atomic E-state index is 13.6. The number of carbonyl (C=O) groups is 1. The van der Waals surface area contributed by atoms with Crippen LogP contribution < -0.4 is 10.9 Å². The van der Waals surface area contributed by atoms with E-state index in [4.69, 9.17) is 11.6 Å². The summed E-state index contributed by atoms with van der Waals surface area (Å²) in [7, 11) is 0. The molecule has 1 N–H and O–H groups in total. The lowest BCUT2D eigenvalue weighted by atomic mass is 10.1. The van der Waals surface area contributed by atoms with Gasteiger partial charge in [-0.2, -0.15) is 0 Å². The Labute approximate surface area is 201 Å². The molecule has 34 heavy (non-hydrogen) atoms. The van der Waals surface area contributed by atoms with Crippen molar-refractivity contribution in [1.82, 2.24) is 14.1 Å². The van der Waals surface area contributed by atoms with E-state index in [0.717, 1.165) is 33.3 Å². The van der Waals surface area contributed by atoms with Gasteiger partial charge in [0.2, 0.25) is 5.91 Å². The molecule has 0 aliphatic carbocycles. The first-order valence-electron chi connectivity index (χ1n) is 11.0. The lowest BCUT2D eigenvalue weighted by Crippen LogP contribution is -2.25. The summed E-state index contributed by atoms with van der Waals surface area (Å²) in [6.45, 7) is 4.21. The highest BCUT2D eigenvalue weighted by Gasteiger charge is 2.19. The van der Waals surface area contributed by atoms with Crippen LogP contribution in [0.5, 0.6) is 0 Å². The monoisotopic (exact) mass is 470 g/mol. The summed E-state index contributed by atoms with van der Waals surface area (Å²) < 4.78 is 3.29. The lowest BCUT2D eigenvalue weighted by Gasteiger charge is -2.11. The molecule has 3 aromatic carbocycles. The zero-order chi connectivity index (χ0) is 23.8. The minimum atomic E-state index is -0.220. The Morgan fingerprint density at radius 1 is 1.03 bits per heavy atom. The van der Waals surface area contributed by atoms with Crippen molar-refractivity contribution < 1.29 is 4.79 Å². The first kappa shape index (κ1) is 21.9. The van der Waals surface area contributed by atoms with Crippen molar-refractivity contribution in [3.05, 3.63) is 105 Å². The molecule has 0 atom stereocenters. The van der Waals surface area contributed by atoms with Crippen LogP contribution >= 0.6 is 11.6 Å². The lowest BCUT2D eigenvalue weighted by molar-refractivity contribution is -0.116. The maximum Gasteiger partial charge on any atom is 0.278 e. The van der Waals surface area contributed by atoms with Crippen LogP contribution in [0.3, 0.4) is 0 Å². The van der Waals surface area contributed by atoms with E-state index < -0.39 is 0 Å². The number of nitrogens with zero attached hydrogens (tertiary/aromatic N) is 3. The van der Waals surface area contributed by atoms with Crippen LogP contribution in [0.1, 0.15) is 16.7 Å². The summed E-state index contributed by atoms with van der Waals surface area (Å²) in [5.74, 6) is -0.213. The number of benzene rings is 3. The predicted molar refractivity (Wildman–Crippen MR) is 137 cm³/mol. The van der Waals surface area contributed by atoms with Gasteiger partial charge in [-0.05, 0) is 49.2 Å². The Hall–Kier alpha value is -3.90. The number of halogens is 1. The number of hydrogen-bond acceptors (Lipinski definition) is 3. The van der Waals surface area contributed by atoms with E-state index in [1.165, 1.54) is 4.57 Å². The minimum Gasteiger partial charge on any atom is -0.325 e. The summed E-state index contributed by atoms with van der Waals surface area (Å²) in [6, 6.07) is 20.9. The number of aryl methyl sites for hydroxylation is 2. The van der Waals surface area contributed by atoms with E-state index in [1.54, 1.807) is 17.0 Å². The first-order valence-corrected chi connectivity index (χ1v) is 11.4. The third-order valence-electron chi connectivity index (χ3n) is 6.00. The molecule has 0 unspecified atom stereocenters. The van der Waals surface area contributed by atoms with Crippen molar-refractivity contribution in [3.63, 3.8) is 0 Å². The van der Waals surface area contributed by atoms with Gasteiger partial charge in [0.15, 0.2) is 0 Å². The van der Waals surface area contributed by atoms with E-state index >= 15 is 0 Å². The first-order chi connectivity index (χ1) is 16.4. The highest BCUT2D eigenvalue weighted by Crippen LogP contribution is 2.27. The molecule has 7 heteroatoms. The number of fused-ring (bicyclic) bond motifs is 3. The van der Waals surface area contributed by atoms with Gasteiger partial charge in [-0.1, -0.05) is 59.6 Å². The number of aromatic nitrogens is 3. The fourth-order valence-corrected chi connectivity index (χ4v) is 4.44. The van der Waals surface area contributed by atoms with Gasteiger partial charge in [0.25, 0.3) is 5.56 Å². The van der Waals surface area contributed by atoms with E-state index in [9.17, 15) is 9.59 Å². The van der Waals surface area contributed by atoms with Gasteiger partial charge in [-0.25, -0.2) is 4.98 Å². The maximum absolute atomic E-state index is 13.6. The number of para-hydroxylation sites is 1. The fourth-order valence-electron chi connectivity index (χ4n) is 4.25. The van der Waals surface area contributed by atoms with Crippen molar-refractivity contribution in [3.8, 4) is 0 Å². The Kier molecular flexibility index (Phi) is 5.67. The summed E-state index contributed by atoms with van der Waals surface area (Å²) in [5, 5.41) is 4.40. The number of rotatable bonds is 5. The zero-order valence-corrected chi connectivity index (χ0v) is 19.6. The number of amides is 1. The molecule has 0 spiro atoms. The van der Waals surface area contributed by atoms with E-state index in [1.807, 2.05) is 74.5 Å². The Bertz CT molecular complexity index is 1620. The molecule has 0 radical (unpaired) electrons. The fraction of sp³-hybridized carbons (Fsp3) is 0.148. The molecule has 170 valence electrons. The Balaban J connectivity index is 1.62. The average molecular weight is 471 g/mol. The number of nitrogens with one attached hydrogen (secondary N) is 1. The van der Waals surface area contributed by atoms with E-state index in [2.05, 4.69) is 10.3 Å². The SMILES string of the molecule is Cc1ccc2c(c1)c1ncn(Cc3ccccc3Cl)c(=O)c1n2CC(=O)Nc1ccccc1C. The largest absolute Gasteiger partial charge is 0.325 e. The molecule has 2 heterocycles. The van der Waals surface area contributed by atoms with Gasteiger partial charge >= 0.3 is 0 Å². The van der Waals surface area contributed by atoms with Crippen LogP contribution in [0.2, 0.25) is 5.02 Å². The number of anilines is 1. The van der Waals surface area contributed by atoms with Crippen molar-refractivity contribution in [2.45, 2.75) is 26.9 Å². The second kappa shape index (κ2) is 8.80. The molecule has 0 fully saturated rings. The van der Waals surface area contributed by atoms with Crippen LogP contribution in [-0.4, -0.2) is 20.0 Å². The number of hydrogen-bond donors (Lipinski definition) is 1. The summed E-state index contributed by atoms with van der Waals surface area (Å²) in [6.07, 6.45) is 1.55. The molecule has 1 amide bonds. The molecular weight excluding hydrogens is 448 g/mol. The van der Waals surface area contributed by atoms with Gasteiger partial charge in [-0.3, -0.25) is 14.2 Å². The average Bonchev–Trinajstić information content (AvgIpc) is 3.11. The molecular formula is C27H23ClN4O2. The minimum absolute atomic E-state index is 0.00950. The molecule has 2 aromatic heterocycles. The third-order valence-corrected chi connectivity index (χ3v) is 6.37. The number of carbonyl (C=O) groups excluding carboxylic acids is 1. The van der Waals surface area contributed by atoms with Gasteiger partial charge in [0.1, 0.15) is 17.6 Å². The summed E-state index contributed by atoms with van der Waals surface area (Å²) in [4.78, 5) is 31.3. The molecule has 0 saturated carbocycles. The standard InChI is InChI=1S/C27H23ClN4O2/c1-17-11-12-23-20(13-17)25-26(32(23)15-24(33)30-22-10-6-3-7-18(22)2)27(34)31(16-29-25)14-19-8-4-5-9-21(19)28/h3-13,16H,14-15H2,1-2H3,(H,30,33). The van der Waals surface area contributed by atoms with Gasteiger partial charge < -0.3 is 9.88 Å². The zero-order valence-electron chi connectivity index (χ0n) is 18.9. The highest BCUT2D eigenvalue weighted by molar-refractivity contribution is 6.31. The van der Waals surface area contributed by atoms with Crippen LogP contribution in [0.4, 0.5) is 5.69 Å². The smallest absolute Gasteiger partial charge is 0.278 e. The van der Waals surface area contributed by atoms with Gasteiger partial charge in [0, 0.05) is 16.1 Å². The molecule has 5 rings (SSSR count). The molecule has 6 nitrogen and oxygen atoms in total. The van der Waals surface area contributed by atoms with Crippen LogP contribution in [0.15, 0.2) is 77.9 Å². The van der Waals surface area contributed by atoms with Crippen molar-refractivity contribution in [1.29, 1.82) is 0 Å². The summed E-state index contributed by atoms with van der Waals surface area (Å²) in [5.41, 5.74) is 5.15. The van der Waals surface area contributed by atoms with Crippen LogP contribution in [0, 0.1) is 13.8 Å². The second-order valence-electron chi connectivity index (χ2n) is 8.44. The normalized spacial score (nSPS) is 11.3.